The van der Waals surface area contributed by atoms with Gasteiger partial charge in [-0.05, 0) is 37.1 Å². The Morgan fingerprint density at radius 1 is 1.00 bits per heavy atom. The molecule has 0 aliphatic carbocycles. The molecule has 0 atom stereocenters. The number of amides is 2. The molecule has 1 aliphatic heterocycles. The normalized spacial score (nSPS) is 13.7. The fourth-order valence-corrected chi connectivity index (χ4v) is 3.86. The summed E-state index contributed by atoms with van der Waals surface area (Å²) in [6.07, 6.45) is 2.18. The van der Waals surface area contributed by atoms with Gasteiger partial charge < -0.3 is 9.80 Å². The van der Waals surface area contributed by atoms with Gasteiger partial charge in [-0.1, -0.05) is 30.3 Å². The summed E-state index contributed by atoms with van der Waals surface area (Å²) in [5.41, 5.74) is 1.48. The SMILES string of the molecule is CN(C(=O)c1ccccc1SCC(=O)N1CCCC1)c1ccccc1. The van der Waals surface area contributed by atoms with E-state index < -0.39 is 0 Å². The van der Waals surface area contributed by atoms with Crippen molar-refractivity contribution in [2.24, 2.45) is 0 Å². The van der Waals surface area contributed by atoms with Crippen LogP contribution in [0.15, 0.2) is 59.5 Å². The molecular formula is C20H22N2O2S. The number of benzene rings is 2. The lowest BCUT2D eigenvalue weighted by Gasteiger charge is -2.19. The monoisotopic (exact) mass is 354 g/mol. The van der Waals surface area contributed by atoms with Crippen LogP contribution in [0.2, 0.25) is 0 Å². The van der Waals surface area contributed by atoms with Crippen LogP contribution in [-0.2, 0) is 4.79 Å². The number of rotatable bonds is 5. The lowest BCUT2D eigenvalue weighted by Crippen LogP contribution is -2.29. The largest absolute Gasteiger partial charge is 0.342 e. The van der Waals surface area contributed by atoms with Crippen LogP contribution in [0.1, 0.15) is 23.2 Å². The van der Waals surface area contributed by atoms with Crippen molar-refractivity contribution in [3.63, 3.8) is 0 Å². The van der Waals surface area contributed by atoms with Gasteiger partial charge in [0.25, 0.3) is 5.91 Å². The fraction of sp³-hybridized carbons (Fsp3) is 0.300. The van der Waals surface area contributed by atoms with E-state index in [9.17, 15) is 9.59 Å². The van der Waals surface area contributed by atoms with Crippen molar-refractivity contribution < 1.29 is 9.59 Å². The van der Waals surface area contributed by atoms with Crippen molar-refractivity contribution in [3.05, 3.63) is 60.2 Å². The van der Waals surface area contributed by atoms with Gasteiger partial charge in [0.1, 0.15) is 0 Å². The lowest BCUT2D eigenvalue weighted by molar-refractivity contribution is -0.127. The van der Waals surface area contributed by atoms with Crippen LogP contribution in [0, 0.1) is 0 Å². The number of nitrogens with zero attached hydrogens (tertiary/aromatic N) is 2. The fourth-order valence-electron chi connectivity index (χ4n) is 2.92. The van der Waals surface area contributed by atoms with Gasteiger partial charge in [-0.2, -0.15) is 0 Å². The molecule has 25 heavy (non-hydrogen) atoms. The number of thioether (sulfide) groups is 1. The molecule has 2 aromatic rings. The average Bonchev–Trinajstić information content (AvgIpc) is 3.21. The van der Waals surface area contributed by atoms with Gasteiger partial charge >= 0.3 is 0 Å². The van der Waals surface area contributed by atoms with E-state index in [4.69, 9.17) is 0 Å². The number of hydrogen-bond acceptors (Lipinski definition) is 3. The summed E-state index contributed by atoms with van der Waals surface area (Å²) in [7, 11) is 1.77. The highest BCUT2D eigenvalue weighted by Gasteiger charge is 2.20. The van der Waals surface area contributed by atoms with Crippen molar-refractivity contribution in [2.75, 3.05) is 30.8 Å². The Labute approximate surface area is 152 Å². The van der Waals surface area contributed by atoms with Gasteiger partial charge in [-0.25, -0.2) is 0 Å². The van der Waals surface area contributed by atoms with Crippen LogP contribution < -0.4 is 4.90 Å². The van der Waals surface area contributed by atoms with E-state index in [0.717, 1.165) is 36.5 Å². The van der Waals surface area contributed by atoms with Gasteiger partial charge in [0.15, 0.2) is 0 Å². The smallest absolute Gasteiger partial charge is 0.259 e. The van der Waals surface area contributed by atoms with E-state index in [0.29, 0.717) is 11.3 Å². The van der Waals surface area contributed by atoms with Gasteiger partial charge in [0, 0.05) is 30.7 Å². The summed E-state index contributed by atoms with van der Waals surface area (Å²) >= 11 is 1.44. The van der Waals surface area contributed by atoms with Crippen LogP contribution in [0.5, 0.6) is 0 Å². The highest BCUT2D eigenvalue weighted by molar-refractivity contribution is 8.00. The number of carbonyl (C=O) groups excluding carboxylic acids is 2. The van der Waals surface area contributed by atoms with Crippen molar-refractivity contribution in [1.29, 1.82) is 0 Å². The van der Waals surface area contributed by atoms with Gasteiger partial charge in [0.05, 0.1) is 11.3 Å². The number of anilines is 1. The third-order valence-corrected chi connectivity index (χ3v) is 5.43. The van der Waals surface area contributed by atoms with E-state index in [1.807, 2.05) is 59.5 Å². The highest BCUT2D eigenvalue weighted by atomic mass is 32.2. The zero-order valence-corrected chi connectivity index (χ0v) is 15.2. The number of carbonyl (C=O) groups is 2. The molecule has 3 rings (SSSR count). The minimum atomic E-state index is -0.0667. The summed E-state index contributed by atoms with van der Waals surface area (Å²) in [5, 5.41) is 0. The predicted octanol–water partition coefficient (Wildman–Crippen LogP) is 3.68. The molecule has 1 heterocycles. The van der Waals surface area contributed by atoms with Crippen molar-refractivity contribution in [2.45, 2.75) is 17.7 Å². The quantitative estimate of drug-likeness (QED) is 0.769. The predicted molar refractivity (Wildman–Crippen MR) is 102 cm³/mol. The number of hydrogen-bond donors (Lipinski definition) is 0. The standard InChI is InChI=1S/C20H22N2O2S/c1-21(16-9-3-2-4-10-16)20(24)17-11-5-6-12-18(17)25-15-19(23)22-13-7-8-14-22/h2-6,9-12H,7-8,13-15H2,1H3. The van der Waals surface area contributed by atoms with Crippen LogP contribution >= 0.6 is 11.8 Å². The zero-order valence-electron chi connectivity index (χ0n) is 14.4. The molecule has 0 bridgehead atoms. The molecule has 0 spiro atoms. The Morgan fingerprint density at radius 2 is 1.64 bits per heavy atom. The molecule has 130 valence electrons. The molecule has 0 aromatic heterocycles. The minimum Gasteiger partial charge on any atom is -0.342 e. The Morgan fingerprint density at radius 3 is 2.36 bits per heavy atom. The summed E-state index contributed by atoms with van der Waals surface area (Å²) in [6, 6.07) is 17.1. The summed E-state index contributed by atoms with van der Waals surface area (Å²) in [6.45, 7) is 1.72. The van der Waals surface area contributed by atoms with Gasteiger partial charge in [0.2, 0.25) is 5.91 Å². The van der Waals surface area contributed by atoms with Crippen LogP contribution in [0.3, 0.4) is 0 Å². The molecule has 2 aromatic carbocycles. The van der Waals surface area contributed by atoms with Crippen LogP contribution in [-0.4, -0.2) is 42.6 Å². The zero-order chi connectivity index (χ0) is 17.6. The Balaban J connectivity index is 1.71. The number of likely N-dealkylation sites (tertiary alicyclic amines) is 1. The van der Waals surface area contributed by atoms with Crippen molar-refractivity contribution in [3.8, 4) is 0 Å². The first-order valence-corrected chi connectivity index (χ1v) is 9.48. The third kappa shape index (κ3) is 4.23. The first kappa shape index (κ1) is 17.5. The molecular weight excluding hydrogens is 332 g/mol. The maximum atomic E-state index is 12.9. The maximum Gasteiger partial charge on any atom is 0.259 e. The van der Waals surface area contributed by atoms with Gasteiger partial charge in [-0.15, -0.1) is 11.8 Å². The molecule has 0 unspecified atom stereocenters. The lowest BCUT2D eigenvalue weighted by atomic mass is 10.2. The molecule has 1 aliphatic rings. The van der Waals surface area contributed by atoms with E-state index >= 15 is 0 Å². The second-order valence-corrected chi connectivity index (χ2v) is 7.09. The first-order valence-electron chi connectivity index (χ1n) is 8.49. The summed E-state index contributed by atoms with van der Waals surface area (Å²) in [4.78, 5) is 29.5. The molecule has 5 heteroatoms. The first-order chi connectivity index (χ1) is 12.2. The minimum absolute atomic E-state index is 0.0667. The summed E-state index contributed by atoms with van der Waals surface area (Å²) < 4.78 is 0. The molecule has 0 N–H and O–H groups in total. The van der Waals surface area contributed by atoms with Crippen molar-refractivity contribution in [1.82, 2.24) is 4.90 Å². The van der Waals surface area contributed by atoms with Crippen molar-refractivity contribution >= 4 is 29.3 Å². The second-order valence-electron chi connectivity index (χ2n) is 6.07. The number of para-hydroxylation sites is 1. The topological polar surface area (TPSA) is 40.6 Å². The van der Waals surface area contributed by atoms with Gasteiger partial charge in [-0.3, -0.25) is 9.59 Å². The van der Waals surface area contributed by atoms with E-state index in [-0.39, 0.29) is 11.8 Å². The molecule has 0 saturated carbocycles. The van der Waals surface area contributed by atoms with E-state index in [1.54, 1.807) is 11.9 Å². The molecule has 4 nitrogen and oxygen atoms in total. The van der Waals surface area contributed by atoms with E-state index in [2.05, 4.69) is 0 Å². The average molecular weight is 354 g/mol. The molecule has 0 radical (unpaired) electrons. The second kappa shape index (κ2) is 8.21. The Bertz CT molecular complexity index is 742. The van der Waals surface area contributed by atoms with E-state index in [1.165, 1.54) is 11.8 Å². The Kier molecular flexibility index (Phi) is 5.76. The molecule has 1 fully saturated rings. The van der Waals surface area contributed by atoms with Crippen LogP contribution in [0.25, 0.3) is 0 Å². The highest BCUT2D eigenvalue weighted by Crippen LogP contribution is 2.26. The molecule has 2 amide bonds. The molecule has 1 saturated heterocycles. The third-order valence-electron chi connectivity index (χ3n) is 4.38. The summed E-state index contributed by atoms with van der Waals surface area (Å²) in [5.74, 6) is 0.461. The van der Waals surface area contributed by atoms with Crippen LogP contribution in [0.4, 0.5) is 5.69 Å². The maximum absolute atomic E-state index is 12.9. The Hall–Kier alpha value is -2.27.